The Labute approximate surface area is 181 Å². The van der Waals surface area contributed by atoms with Gasteiger partial charge in [-0.2, -0.15) is 0 Å². The van der Waals surface area contributed by atoms with Crippen molar-refractivity contribution in [3.05, 3.63) is 29.8 Å². The summed E-state index contributed by atoms with van der Waals surface area (Å²) in [5.74, 6) is -2.92. The molecule has 0 radical (unpaired) electrons. The van der Waals surface area contributed by atoms with Gasteiger partial charge in [0, 0.05) is 58.0 Å². The normalized spacial score (nSPS) is 19.1. The highest BCUT2D eigenvalue weighted by molar-refractivity contribution is 5.75. The fourth-order valence-electron chi connectivity index (χ4n) is 3.62. The molecule has 1 heterocycles. The van der Waals surface area contributed by atoms with E-state index in [1.54, 1.807) is 39.0 Å². The summed E-state index contributed by atoms with van der Waals surface area (Å²) in [5.41, 5.74) is 6.82. The third kappa shape index (κ3) is 8.50. The highest BCUT2D eigenvalue weighted by atomic mass is 16.4. The van der Waals surface area contributed by atoms with E-state index < -0.39 is 23.9 Å². The average Bonchev–Trinajstić information content (AvgIpc) is 2.68. The van der Waals surface area contributed by atoms with Crippen LogP contribution in [0.1, 0.15) is 11.6 Å². The van der Waals surface area contributed by atoms with E-state index in [1.807, 2.05) is 0 Å². The second-order valence-corrected chi connectivity index (χ2v) is 7.53. The molecule has 0 saturated carbocycles. The van der Waals surface area contributed by atoms with Crippen LogP contribution in [-0.2, 0) is 14.4 Å². The van der Waals surface area contributed by atoms with Crippen LogP contribution in [0.5, 0.6) is 0 Å². The molecular formula is C20H31N5O6. The Morgan fingerprint density at radius 1 is 0.839 bits per heavy atom. The first-order valence-corrected chi connectivity index (χ1v) is 10.2. The number of nitrogens with two attached hydrogens (primary N) is 1. The zero-order chi connectivity index (χ0) is 22.8. The SMILES string of the molecule is Nc1ccc(C(C(=O)O)N2CCN(CC(=O)O)CCNCCN(CC(=O)O)CC2)cc1. The molecule has 0 spiro atoms. The van der Waals surface area contributed by atoms with Crippen molar-refractivity contribution < 1.29 is 29.7 Å². The van der Waals surface area contributed by atoms with Gasteiger partial charge in [0.15, 0.2) is 0 Å². The largest absolute Gasteiger partial charge is 0.480 e. The van der Waals surface area contributed by atoms with E-state index >= 15 is 0 Å². The zero-order valence-electron chi connectivity index (χ0n) is 17.4. The van der Waals surface area contributed by atoms with Gasteiger partial charge in [-0.25, -0.2) is 0 Å². The molecule has 1 aromatic rings. The van der Waals surface area contributed by atoms with Gasteiger partial charge in [-0.15, -0.1) is 0 Å². The maximum Gasteiger partial charge on any atom is 0.325 e. The molecule has 1 unspecified atom stereocenters. The summed E-state index contributed by atoms with van der Waals surface area (Å²) in [4.78, 5) is 39.9. The minimum Gasteiger partial charge on any atom is -0.480 e. The van der Waals surface area contributed by atoms with Crippen LogP contribution in [0.2, 0.25) is 0 Å². The molecule has 0 amide bonds. The van der Waals surface area contributed by atoms with Crippen molar-refractivity contribution >= 4 is 23.6 Å². The lowest BCUT2D eigenvalue weighted by molar-refractivity contribution is -0.145. The van der Waals surface area contributed by atoms with Crippen molar-refractivity contribution in [1.29, 1.82) is 0 Å². The van der Waals surface area contributed by atoms with Gasteiger partial charge in [-0.1, -0.05) is 12.1 Å². The Balaban J connectivity index is 2.26. The van der Waals surface area contributed by atoms with E-state index in [2.05, 4.69) is 5.32 Å². The number of anilines is 1. The van der Waals surface area contributed by atoms with Gasteiger partial charge in [-0.3, -0.25) is 29.1 Å². The lowest BCUT2D eigenvalue weighted by Gasteiger charge is -2.34. The van der Waals surface area contributed by atoms with Crippen LogP contribution < -0.4 is 11.1 Å². The Kier molecular flexibility index (Phi) is 9.66. The van der Waals surface area contributed by atoms with Gasteiger partial charge in [0.2, 0.25) is 0 Å². The second kappa shape index (κ2) is 12.2. The molecule has 6 N–H and O–H groups in total. The molecule has 1 aliphatic heterocycles. The molecule has 1 aromatic carbocycles. The summed E-state index contributed by atoms with van der Waals surface area (Å²) in [6.45, 7) is 3.16. The maximum atomic E-state index is 12.2. The average molecular weight is 437 g/mol. The van der Waals surface area contributed by atoms with Crippen LogP contribution in [0.15, 0.2) is 24.3 Å². The summed E-state index contributed by atoms with van der Waals surface area (Å²) in [6, 6.07) is 5.65. The highest BCUT2D eigenvalue weighted by Crippen LogP contribution is 2.22. The number of aliphatic carboxylic acids is 3. The summed E-state index contributed by atoms with van der Waals surface area (Å²) < 4.78 is 0. The Morgan fingerprint density at radius 3 is 1.74 bits per heavy atom. The standard InChI is InChI=1S/C20H31N5O6/c21-16-3-1-15(2-4-16)19(20(30)31)25-11-9-23(13-17(26)27)7-5-22-6-8-24(10-12-25)14-18(28)29/h1-4,19,22H,5-14,21H2,(H,26,27)(H,28,29)(H,30,31). The number of benzene rings is 1. The number of carboxylic acids is 3. The van der Waals surface area contributed by atoms with Gasteiger partial charge >= 0.3 is 17.9 Å². The Hall–Kier alpha value is -2.73. The minimum absolute atomic E-state index is 0.139. The molecule has 1 aliphatic rings. The third-order valence-electron chi connectivity index (χ3n) is 5.19. The molecule has 172 valence electrons. The van der Waals surface area contributed by atoms with Gasteiger partial charge in [0.25, 0.3) is 0 Å². The van der Waals surface area contributed by atoms with E-state index in [9.17, 15) is 29.7 Å². The van der Waals surface area contributed by atoms with Crippen molar-refractivity contribution in [1.82, 2.24) is 20.0 Å². The second-order valence-electron chi connectivity index (χ2n) is 7.53. The lowest BCUT2D eigenvalue weighted by atomic mass is 10.0. The summed E-state index contributed by atoms with van der Waals surface area (Å²) in [6.07, 6.45) is 0. The minimum atomic E-state index is -1.03. The summed E-state index contributed by atoms with van der Waals surface area (Å²) >= 11 is 0. The van der Waals surface area contributed by atoms with Crippen LogP contribution in [0.25, 0.3) is 0 Å². The van der Waals surface area contributed by atoms with Crippen molar-refractivity contribution in [3.63, 3.8) is 0 Å². The van der Waals surface area contributed by atoms with E-state index in [0.29, 0.717) is 63.6 Å². The molecule has 0 aliphatic carbocycles. The van der Waals surface area contributed by atoms with Crippen LogP contribution >= 0.6 is 0 Å². The predicted molar refractivity (Wildman–Crippen MR) is 114 cm³/mol. The number of nitrogens with zero attached hydrogens (tertiary/aromatic N) is 3. The summed E-state index contributed by atoms with van der Waals surface area (Å²) in [7, 11) is 0. The third-order valence-corrected chi connectivity index (χ3v) is 5.19. The highest BCUT2D eigenvalue weighted by Gasteiger charge is 2.28. The molecule has 0 bridgehead atoms. The van der Waals surface area contributed by atoms with Crippen LogP contribution in [0.4, 0.5) is 5.69 Å². The quantitative estimate of drug-likeness (QED) is 0.335. The van der Waals surface area contributed by atoms with Gasteiger partial charge < -0.3 is 26.4 Å². The Morgan fingerprint density at radius 2 is 1.32 bits per heavy atom. The lowest BCUT2D eigenvalue weighted by Crippen LogP contribution is -2.48. The number of hydrogen-bond acceptors (Lipinski definition) is 8. The fraction of sp³-hybridized carbons (Fsp3) is 0.550. The number of hydrogen-bond donors (Lipinski definition) is 5. The molecule has 2 rings (SSSR count). The molecule has 1 fully saturated rings. The van der Waals surface area contributed by atoms with E-state index in [0.717, 1.165) is 0 Å². The molecule has 11 nitrogen and oxygen atoms in total. The van der Waals surface area contributed by atoms with E-state index in [1.165, 1.54) is 0 Å². The van der Waals surface area contributed by atoms with Gasteiger partial charge in [0.1, 0.15) is 6.04 Å². The molecule has 0 aromatic heterocycles. The van der Waals surface area contributed by atoms with Gasteiger partial charge in [0.05, 0.1) is 13.1 Å². The zero-order valence-corrected chi connectivity index (χ0v) is 17.4. The van der Waals surface area contributed by atoms with E-state index in [-0.39, 0.29) is 13.1 Å². The first-order valence-electron chi connectivity index (χ1n) is 10.2. The van der Waals surface area contributed by atoms with E-state index in [4.69, 9.17) is 5.73 Å². The fourth-order valence-corrected chi connectivity index (χ4v) is 3.62. The molecule has 1 saturated heterocycles. The number of nitrogens with one attached hydrogen (secondary N) is 1. The molecular weight excluding hydrogens is 406 g/mol. The topological polar surface area (TPSA) is 160 Å². The van der Waals surface area contributed by atoms with Gasteiger partial charge in [-0.05, 0) is 17.7 Å². The van der Waals surface area contributed by atoms with Crippen LogP contribution in [0.3, 0.4) is 0 Å². The predicted octanol–water partition coefficient (Wildman–Crippen LogP) is -0.927. The maximum absolute atomic E-state index is 12.2. The van der Waals surface area contributed by atoms with Crippen LogP contribution in [0, 0.1) is 0 Å². The van der Waals surface area contributed by atoms with Crippen LogP contribution in [-0.4, -0.2) is 113 Å². The number of carboxylic acid groups (broad SMARTS) is 3. The first-order chi connectivity index (χ1) is 14.8. The molecule has 11 heteroatoms. The first kappa shape index (κ1) is 24.5. The monoisotopic (exact) mass is 437 g/mol. The number of carbonyl (C=O) groups is 3. The Bertz CT molecular complexity index is 714. The smallest absolute Gasteiger partial charge is 0.325 e. The summed E-state index contributed by atoms with van der Waals surface area (Å²) in [5, 5.41) is 31.6. The number of nitrogen functional groups attached to an aromatic ring is 1. The van der Waals surface area contributed by atoms with Crippen molar-refractivity contribution in [2.24, 2.45) is 0 Å². The van der Waals surface area contributed by atoms with Crippen molar-refractivity contribution in [2.75, 3.05) is 71.2 Å². The number of rotatable bonds is 7. The van der Waals surface area contributed by atoms with Crippen molar-refractivity contribution in [2.45, 2.75) is 6.04 Å². The van der Waals surface area contributed by atoms with Crippen molar-refractivity contribution in [3.8, 4) is 0 Å². The molecule has 1 atom stereocenters. The molecule has 31 heavy (non-hydrogen) atoms.